The smallest absolute Gasteiger partial charge is 0.272 e. The number of nitrogens with one attached hydrogen (secondary N) is 1. The van der Waals surface area contributed by atoms with Crippen LogP contribution in [0.2, 0.25) is 0 Å². The normalized spacial score (nSPS) is 14.9. The van der Waals surface area contributed by atoms with Gasteiger partial charge in [0.15, 0.2) is 0 Å². The van der Waals surface area contributed by atoms with Crippen molar-refractivity contribution in [3.63, 3.8) is 0 Å². The van der Waals surface area contributed by atoms with Crippen molar-refractivity contribution in [3.05, 3.63) is 65.0 Å². The fourth-order valence-corrected chi connectivity index (χ4v) is 2.95. The Balaban J connectivity index is 1.64. The van der Waals surface area contributed by atoms with E-state index in [9.17, 15) is 9.59 Å². The molecule has 0 aliphatic carbocycles. The van der Waals surface area contributed by atoms with E-state index in [0.29, 0.717) is 25.3 Å². The number of nitrogens with zero attached hydrogens (tertiary/aromatic N) is 3. The molecule has 1 fully saturated rings. The molecule has 2 heterocycles. The van der Waals surface area contributed by atoms with E-state index in [1.165, 1.54) is 0 Å². The second-order valence-corrected chi connectivity index (χ2v) is 6.68. The molecule has 0 bridgehead atoms. The van der Waals surface area contributed by atoms with Crippen molar-refractivity contribution in [1.82, 2.24) is 20.1 Å². The van der Waals surface area contributed by atoms with E-state index in [4.69, 9.17) is 0 Å². The quantitative estimate of drug-likeness (QED) is 0.910. The zero-order chi connectivity index (χ0) is 18.5. The summed E-state index contributed by atoms with van der Waals surface area (Å²) in [6.45, 7) is 5.51. The monoisotopic (exact) mass is 352 g/mol. The Kier molecular flexibility index (Phi) is 5.63. The Bertz CT molecular complexity index is 798. The molecule has 1 saturated heterocycles. The summed E-state index contributed by atoms with van der Waals surface area (Å²) in [5.41, 5.74) is 2.76. The number of benzene rings is 1. The van der Waals surface area contributed by atoms with Crippen molar-refractivity contribution in [2.75, 3.05) is 33.2 Å². The van der Waals surface area contributed by atoms with Crippen LogP contribution in [0.3, 0.4) is 0 Å². The van der Waals surface area contributed by atoms with Crippen molar-refractivity contribution in [2.45, 2.75) is 13.5 Å². The Morgan fingerprint density at radius 3 is 2.46 bits per heavy atom. The second-order valence-electron chi connectivity index (χ2n) is 6.68. The van der Waals surface area contributed by atoms with Crippen LogP contribution in [-0.2, 0) is 6.54 Å². The SMILES string of the molecule is Cc1cccc(CNC(=O)c2cccc(C(=O)N3CCN(C)CC3)n2)c1. The fraction of sp³-hybridized carbons (Fsp3) is 0.350. The van der Waals surface area contributed by atoms with E-state index in [2.05, 4.69) is 15.2 Å². The molecule has 6 heteroatoms. The van der Waals surface area contributed by atoms with Crippen molar-refractivity contribution in [2.24, 2.45) is 0 Å². The van der Waals surface area contributed by atoms with Gasteiger partial charge < -0.3 is 15.1 Å². The van der Waals surface area contributed by atoms with Gasteiger partial charge in [0.2, 0.25) is 0 Å². The molecule has 1 N–H and O–H groups in total. The van der Waals surface area contributed by atoms with Gasteiger partial charge in [-0.15, -0.1) is 0 Å². The minimum absolute atomic E-state index is 0.119. The molecule has 0 radical (unpaired) electrons. The van der Waals surface area contributed by atoms with E-state index in [0.717, 1.165) is 24.2 Å². The first-order valence-corrected chi connectivity index (χ1v) is 8.81. The molecule has 2 aromatic rings. The number of carbonyl (C=O) groups excluding carboxylic acids is 2. The predicted molar refractivity (Wildman–Crippen MR) is 100.0 cm³/mol. The van der Waals surface area contributed by atoms with Gasteiger partial charge in [-0.1, -0.05) is 35.9 Å². The van der Waals surface area contributed by atoms with Crippen molar-refractivity contribution < 1.29 is 9.59 Å². The minimum Gasteiger partial charge on any atom is -0.347 e. The fourth-order valence-electron chi connectivity index (χ4n) is 2.95. The molecule has 1 aromatic carbocycles. The lowest BCUT2D eigenvalue weighted by Gasteiger charge is -2.32. The number of pyridine rings is 1. The summed E-state index contributed by atoms with van der Waals surface area (Å²) >= 11 is 0. The summed E-state index contributed by atoms with van der Waals surface area (Å²) in [7, 11) is 2.04. The number of aromatic nitrogens is 1. The van der Waals surface area contributed by atoms with Crippen LogP contribution in [-0.4, -0.2) is 59.8 Å². The van der Waals surface area contributed by atoms with Crippen molar-refractivity contribution in [1.29, 1.82) is 0 Å². The predicted octanol–water partition coefficient (Wildman–Crippen LogP) is 1.71. The minimum atomic E-state index is -0.278. The van der Waals surface area contributed by atoms with Crippen LogP contribution in [0.1, 0.15) is 32.1 Å². The third-order valence-electron chi connectivity index (χ3n) is 4.53. The van der Waals surface area contributed by atoms with Crippen LogP contribution >= 0.6 is 0 Å². The van der Waals surface area contributed by atoms with E-state index >= 15 is 0 Å². The number of piperazine rings is 1. The third kappa shape index (κ3) is 4.46. The number of amides is 2. The number of hydrogen-bond acceptors (Lipinski definition) is 4. The highest BCUT2D eigenvalue weighted by Crippen LogP contribution is 2.08. The van der Waals surface area contributed by atoms with Gasteiger partial charge in [0, 0.05) is 32.7 Å². The Labute approximate surface area is 153 Å². The molecule has 0 saturated carbocycles. The molecule has 6 nitrogen and oxygen atoms in total. The van der Waals surface area contributed by atoms with Gasteiger partial charge in [-0.2, -0.15) is 0 Å². The Morgan fingerprint density at radius 1 is 1.04 bits per heavy atom. The Morgan fingerprint density at radius 2 is 1.73 bits per heavy atom. The van der Waals surface area contributed by atoms with E-state index in [1.54, 1.807) is 23.1 Å². The van der Waals surface area contributed by atoms with Crippen LogP contribution < -0.4 is 5.32 Å². The topological polar surface area (TPSA) is 65.5 Å². The molecule has 0 unspecified atom stereocenters. The first kappa shape index (κ1) is 18.1. The summed E-state index contributed by atoms with van der Waals surface area (Å²) in [5, 5.41) is 2.86. The maximum Gasteiger partial charge on any atom is 0.272 e. The van der Waals surface area contributed by atoms with Crippen LogP contribution in [0.25, 0.3) is 0 Å². The molecule has 26 heavy (non-hydrogen) atoms. The summed E-state index contributed by atoms with van der Waals surface area (Å²) in [6.07, 6.45) is 0. The van der Waals surface area contributed by atoms with Crippen molar-refractivity contribution in [3.8, 4) is 0 Å². The molecule has 3 rings (SSSR count). The van der Waals surface area contributed by atoms with Crippen molar-refractivity contribution >= 4 is 11.8 Å². The molecular weight excluding hydrogens is 328 g/mol. The lowest BCUT2D eigenvalue weighted by molar-refractivity contribution is 0.0658. The van der Waals surface area contributed by atoms with Crippen LogP contribution in [0.5, 0.6) is 0 Å². The third-order valence-corrected chi connectivity index (χ3v) is 4.53. The highest BCUT2D eigenvalue weighted by atomic mass is 16.2. The maximum atomic E-state index is 12.6. The van der Waals surface area contributed by atoms with E-state index in [-0.39, 0.29) is 17.5 Å². The van der Waals surface area contributed by atoms with E-state index in [1.807, 2.05) is 38.2 Å². The van der Waals surface area contributed by atoms with Gasteiger partial charge in [0.05, 0.1) is 0 Å². The molecule has 0 atom stereocenters. The summed E-state index contributed by atoms with van der Waals surface area (Å²) in [4.78, 5) is 33.3. The first-order valence-electron chi connectivity index (χ1n) is 8.81. The van der Waals surface area contributed by atoms with E-state index < -0.39 is 0 Å². The number of carbonyl (C=O) groups is 2. The van der Waals surface area contributed by atoms with Gasteiger partial charge in [0.1, 0.15) is 11.4 Å². The number of likely N-dealkylation sites (N-methyl/N-ethyl adjacent to an activating group) is 1. The lowest BCUT2D eigenvalue weighted by Crippen LogP contribution is -2.47. The number of rotatable bonds is 4. The zero-order valence-corrected chi connectivity index (χ0v) is 15.2. The standard InChI is InChI=1S/C20H24N4O2/c1-15-5-3-6-16(13-15)14-21-19(25)17-7-4-8-18(22-17)20(26)24-11-9-23(2)10-12-24/h3-8,13H,9-12,14H2,1-2H3,(H,21,25). The first-order chi connectivity index (χ1) is 12.5. The Hall–Kier alpha value is -2.73. The zero-order valence-electron chi connectivity index (χ0n) is 15.2. The summed E-state index contributed by atoms with van der Waals surface area (Å²) in [5.74, 6) is -0.397. The van der Waals surface area contributed by atoms with Crippen LogP contribution in [0.4, 0.5) is 0 Å². The summed E-state index contributed by atoms with van der Waals surface area (Å²) in [6, 6.07) is 13.0. The molecular formula is C20H24N4O2. The average molecular weight is 352 g/mol. The van der Waals surface area contributed by atoms with Gasteiger partial charge >= 0.3 is 0 Å². The molecule has 2 amide bonds. The molecule has 1 aromatic heterocycles. The average Bonchev–Trinajstić information content (AvgIpc) is 2.66. The van der Waals surface area contributed by atoms with Gasteiger partial charge in [-0.25, -0.2) is 4.98 Å². The van der Waals surface area contributed by atoms with Gasteiger partial charge in [-0.3, -0.25) is 9.59 Å². The van der Waals surface area contributed by atoms with Gasteiger partial charge in [0.25, 0.3) is 11.8 Å². The second kappa shape index (κ2) is 8.10. The lowest BCUT2D eigenvalue weighted by atomic mass is 10.1. The molecule has 0 spiro atoms. The molecule has 1 aliphatic heterocycles. The van der Waals surface area contributed by atoms with Crippen LogP contribution in [0, 0.1) is 6.92 Å². The molecule has 136 valence electrons. The highest BCUT2D eigenvalue weighted by molar-refractivity contribution is 5.96. The summed E-state index contributed by atoms with van der Waals surface area (Å²) < 4.78 is 0. The number of aryl methyl sites for hydroxylation is 1. The van der Waals surface area contributed by atoms with Gasteiger partial charge in [-0.05, 0) is 31.7 Å². The van der Waals surface area contributed by atoms with Crippen LogP contribution in [0.15, 0.2) is 42.5 Å². The largest absolute Gasteiger partial charge is 0.347 e. The maximum absolute atomic E-state index is 12.6. The number of hydrogen-bond donors (Lipinski definition) is 1. The molecule has 1 aliphatic rings. The highest BCUT2D eigenvalue weighted by Gasteiger charge is 2.22.